The first-order valence-electron chi connectivity index (χ1n) is 5.09. The SMILES string of the molecule is Nc1[nH]ncc1-c1cc(Cl)c(C=O)c2c1OCO2. The number of nitrogens with two attached hydrogens (primary N) is 1. The van der Waals surface area contributed by atoms with Crippen molar-refractivity contribution in [2.45, 2.75) is 0 Å². The van der Waals surface area contributed by atoms with Crippen LogP contribution in [0.25, 0.3) is 11.1 Å². The number of nitrogens with zero attached hydrogens (tertiary/aromatic N) is 1. The summed E-state index contributed by atoms with van der Waals surface area (Å²) in [5.41, 5.74) is 7.33. The fraction of sp³-hybridized carbons (Fsp3) is 0.0909. The number of fused-ring (bicyclic) bond motifs is 1. The molecule has 0 aliphatic carbocycles. The van der Waals surface area contributed by atoms with Crippen molar-refractivity contribution in [2.24, 2.45) is 0 Å². The molecule has 0 bridgehead atoms. The number of carbonyl (C=O) groups excluding carboxylic acids is 1. The normalized spacial score (nSPS) is 12.7. The third-order valence-corrected chi connectivity index (χ3v) is 3.02. The van der Waals surface area contributed by atoms with Gasteiger partial charge in [0.2, 0.25) is 6.79 Å². The lowest BCUT2D eigenvalue weighted by atomic mass is 10.0. The highest BCUT2D eigenvalue weighted by Crippen LogP contribution is 2.47. The van der Waals surface area contributed by atoms with Gasteiger partial charge in [-0.25, -0.2) is 0 Å². The Balaban J connectivity index is 2.30. The molecule has 1 aliphatic rings. The van der Waals surface area contributed by atoms with Crippen LogP contribution in [-0.2, 0) is 0 Å². The molecule has 7 heteroatoms. The molecule has 0 atom stereocenters. The second-order valence-corrected chi connectivity index (χ2v) is 4.11. The predicted octanol–water partition coefficient (Wildman–Crippen LogP) is 1.85. The molecule has 92 valence electrons. The van der Waals surface area contributed by atoms with Gasteiger partial charge in [-0.05, 0) is 6.07 Å². The minimum absolute atomic E-state index is 0.0429. The zero-order valence-electron chi connectivity index (χ0n) is 9.07. The van der Waals surface area contributed by atoms with Crippen LogP contribution < -0.4 is 15.2 Å². The van der Waals surface area contributed by atoms with Gasteiger partial charge in [0.05, 0.1) is 16.8 Å². The van der Waals surface area contributed by atoms with E-state index < -0.39 is 0 Å². The maximum atomic E-state index is 11.0. The van der Waals surface area contributed by atoms with Gasteiger partial charge in [0.25, 0.3) is 0 Å². The Morgan fingerprint density at radius 1 is 1.39 bits per heavy atom. The zero-order valence-corrected chi connectivity index (χ0v) is 9.82. The molecule has 0 amide bonds. The van der Waals surface area contributed by atoms with Gasteiger partial charge in [-0.1, -0.05) is 11.6 Å². The van der Waals surface area contributed by atoms with Crippen LogP contribution in [-0.4, -0.2) is 23.3 Å². The number of nitrogens with one attached hydrogen (secondary N) is 1. The van der Waals surface area contributed by atoms with E-state index in [4.69, 9.17) is 26.8 Å². The molecule has 0 fully saturated rings. The summed E-state index contributed by atoms with van der Waals surface area (Å²) in [6.07, 6.45) is 2.20. The number of anilines is 1. The summed E-state index contributed by atoms with van der Waals surface area (Å²) in [5.74, 6) is 1.19. The van der Waals surface area contributed by atoms with E-state index in [0.717, 1.165) is 0 Å². The standard InChI is InChI=1S/C11H8ClN3O3/c12-8-1-5(6-2-14-15-11(6)13)9-10(7(8)3-16)18-4-17-9/h1-3H,4H2,(H3,13,14,15). The number of hydrogen-bond acceptors (Lipinski definition) is 5. The van der Waals surface area contributed by atoms with E-state index in [1.807, 2.05) is 0 Å². The van der Waals surface area contributed by atoms with Crippen molar-refractivity contribution in [3.05, 3.63) is 22.8 Å². The van der Waals surface area contributed by atoms with Crippen molar-refractivity contribution in [3.63, 3.8) is 0 Å². The first kappa shape index (κ1) is 10.9. The summed E-state index contributed by atoms with van der Waals surface area (Å²) in [7, 11) is 0. The summed E-state index contributed by atoms with van der Waals surface area (Å²) < 4.78 is 10.6. The molecule has 6 nitrogen and oxygen atoms in total. The molecule has 1 aromatic carbocycles. The fourth-order valence-electron chi connectivity index (χ4n) is 1.88. The van der Waals surface area contributed by atoms with E-state index in [9.17, 15) is 4.79 Å². The second-order valence-electron chi connectivity index (χ2n) is 3.70. The lowest BCUT2D eigenvalue weighted by Crippen LogP contribution is -1.94. The summed E-state index contributed by atoms with van der Waals surface area (Å²) in [4.78, 5) is 11.0. The molecule has 1 aromatic heterocycles. The highest BCUT2D eigenvalue weighted by Gasteiger charge is 2.26. The fourth-order valence-corrected chi connectivity index (χ4v) is 2.12. The Hall–Kier alpha value is -2.21. The average molecular weight is 266 g/mol. The summed E-state index contributed by atoms with van der Waals surface area (Å²) >= 11 is 6.04. The Labute approximate surface area is 107 Å². The molecule has 0 radical (unpaired) electrons. The summed E-state index contributed by atoms with van der Waals surface area (Å²) in [6, 6.07) is 1.61. The monoisotopic (exact) mass is 265 g/mol. The van der Waals surface area contributed by atoms with E-state index in [-0.39, 0.29) is 17.4 Å². The maximum Gasteiger partial charge on any atom is 0.231 e. The highest BCUT2D eigenvalue weighted by atomic mass is 35.5. The largest absolute Gasteiger partial charge is 0.453 e. The van der Waals surface area contributed by atoms with Crippen LogP contribution >= 0.6 is 11.6 Å². The third kappa shape index (κ3) is 1.42. The Morgan fingerprint density at radius 3 is 2.83 bits per heavy atom. The van der Waals surface area contributed by atoms with Crippen LogP contribution in [0.5, 0.6) is 11.5 Å². The van der Waals surface area contributed by atoms with Gasteiger partial charge >= 0.3 is 0 Å². The Bertz CT molecular complexity index is 639. The maximum absolute atomic E-state index is 11.0. The molecule has 0 saturated heterocycles. The van der Waals surface area contributed by atoms with Gasteiger partial charge in [-0.2, -0.15) is 5.10 Å². The Morgan fingerprint density at radius 2 is 2.17 bits per heavy atom. The average Bonchev–Trinajstić information content (AvgIpc) is 2.97. The number of aromatic nitrogens is 2. The third-order valence-electron chi connectivity index (χ3n) is 2.71. The van der Waals surface area contributed by atoms with E-state index in [1.165, 1.54) is 0 Å². The molecule has 2 aromatic rings. The van der Waals surface area contributed by atoms with Gasteiger partial charge in [-0.3, -0.25) is 9.89 Å². The zero-order chi connectivity index (χ0) is 12.7. The number of aromatic amines is 1. The first-order chi connectivity index (χ1) is 8.72. The number of carbonyl (C=O) groups is 1. The number of benzene rings is 1. The highest BCUT2D eigenvalue weighted by molar-refractivity contribution is 6.33. The number of hydrogen-bond donors (Lipinski definition) is 2. The second kappa shape index (κ2) is 3.92. The van der Waals surface area contributed by atoms with Gasteiger partial charge < -0.3 is 15.2 Å². The van der Waals surface area contributed by atoms with Crippen molar-refractivity contribution in [1.82, 2.24) is 10.2 Å². The van der Waals surface area contributed by atoms with Crippen LogP contribution in [0.1, 0.15) is 10.4 Å². The van der Waals surface area contributed by atoms with E-state index in [0.29, 0.717) is 34.7 Å². The molecular weight excluding hydrogens is 258 g/mol. The van der Waals surface area contributed by atoms with E-state index >= 15 is 0 Å². The van der Waals surface area contributed by atoms with Gasteiger partial charge in [0.1, 0.15) is 5.82 Å². The van der Waals surface area contributed by atoms with Crippen molar-refractivity contribution in [2.75, 3.05) is 12.5 Å². The van der Waals surface area contributed by atoms with Gasteiger partial charge in [0.15, 0.2) is 17.8 Å². The van der Waals surface area contributed by atoms with Crippen LogP contribution in [0.15, 0.2) is 12.3 Å². The van der Waals surface area contributed by atoms with Crippen LogP contribution in [0.2, 0.25) is 5.02 Å². The molecule has 0 saturated carbocycles. The molecule has 1 aliphatic heterocycles. The summed E-state index contributed by atoms with van der Waals surface area (Å²) in [6.45, 7) is 0.0429. The van der Waals surface area contributed by atoms with Crippen molar-refractivity contribution in [3.8, 4) is 22.6 Å². The molecule has 18 heavy (non-hydrogen) atoms. The number of rotatable bonds is 2. The number of aldehydes is 1. The van der Waals surface area contributed by atoms with Crippen molar-refractivity contribution in [1.29, 1.82) is 0 Å². The van der Waals surface area contributed by atoms with Crippen LogP contribution in [0, 0.1) is 0 Å². The first-order valence-corrected chi connectivity index (χ1v) is 5.46. The van der Waals surface area contributed by atoms with E-state index in [2.05, 4.69) is 10.2 Å². The van der Waals surface area contributed by atoms with Crippen molar-refractivity contribution < 1.29 is 14.3 Å². The molecule has 3 rings (SSSR count). The quantitative estimate of drug-likeness (QED) is 0.809. The van der Waals surface area contributed by atoms with Crippen molar-refractivity contribution >= 4 is 23.7 Å². The van der Waals surface area contributed by atoms with Crippen LogP contribution in [0.4, 0.5) is 5.82 Å². The number of ether oxygens (including phenoxy) is 2. The van der Waals surface area contributed by atoms with E-state index in [1.54, 1.807) is 12.3 Å². The lowest BCUT2D eigenvalue weighted by molar-refractivity contribution is 0.111. The molecule has 3 N–H and O–H groups in total. The topological polar surface area (TPSA) is 90.2 Å². The molecule has 0 unspecified atom stereocenters. The molecular formula is C11H8ClN3O3. The number of nitrogen functional groups attached to an aromatic ring is 1. The van der Waals surface area contributed by atoms with Gasteiger partial charge in [-0.15, -0.1) is 0 Å². The summed E-state index contributed by atoms with van der Waals surface area (Å²) in [5, 5.41) is 6.74. The predicted molar refractivity (Wildman–Crippen MR) is 65.0 cm³/mol. The smallest absolute Gasteiger partial charge is 0.231 e. The van der Waals surface area contributed by atoms with Gasteiger partial charge in [0, 0.05) is 11.1 Å². The number of H-pyrrole nitrogens is 1. The minimum Gasteiger partial charge on any atom is -0.453 e. The number of halogens is 1. The van der Waals surface area contributed by atoms with Crippen LogP contribution in [0.3, 0.4) is 0 Å². The molecule has 2 heterocycles. The lowest BCUT2D eigenvalue weighted by Gasteiger charge is -2.08. The minimum atomic E-state index is 0.0429. The Kier molecular flexibility index (Phi) is 2.38. The molecule has 0 spiro atoms.